The van der Waals surface area contributed by atoms with Gasteiger partial charge in [-0.3, -0.25) is 9.88 Å². The fraction of sp³-hybridized carbons (Fsp3) is 0.361. The molecule has 0 bridgehead atoms. The number of hydrogen-bond acceptors (Lipinski definition) is 3. The summed E-state index contributed by atoms with van der Waals surface area (Å²) < 4.78 is 6.51. The molecule has 204 valence electrons. The fourth-order valence-corrected chi connectivity index (χ4v) is 5.32. The molecule has 0 amide bonds. The summed E-state index contributed by atoms with van der Waals surface area (Å²) in [7, 11) is 0. The molecular formula is C36H44N2O. The highest BCUT2D eigenvalue weighted by Gasteiger charge is 2.20. The van der Waals surface area contributed by atoms with Gasteiger partial charge < -0.3 is 4.74 Å². The van der Waals surface area contributed by atoms with Crippen LogP contribution in [-0.2, 0) is 32.4 Å². The Bertz CT molecular complexity index is 1340. The average Bonchev–Trinajstić information content (AvgIpc) is 2.94. The molecule has 0 aliphatic carbocycles. The Kier molecular flexibility index (Phi) is 9.95. The predicted molar refractivity (Wildman–Crippen MR) is 164 cm³/mol. The van der Waals surface area contributed by atoms with Crippen LogP contribution in [0.4, 0.5) is 0 Å². The van der Waals surface area contributed by atoms with Gasteiger partial charge in [0.1, 0.15) is 5.75 Å². The third-order valence-corrected chi connectivity index (χ3v) is 7.50. The molecule has 0 aliphatic heterocycles. The highest BCUT2D eigenvalue weighted by Crippen LogP contribution is 2.34. The minimum atomic E-state index is 0.0830. The monoisotopic (exact) mass is 520 g/mol. The van der Waals surface area contributed by atoms with Gasteiger partial charge in [0.15, 0.2) is 0 Å². The maximum absolute atomic E-state index is 6.51. The van der Waals surface area contributed by atoms with Crippen LogP contribution in [0.3, 0.4) is 0 Å². The van der Waals surface area contributed by atoms with Crippen molar-refractivity contribution in [1.29, 1.82) is 0 Å². The smallest absolute Gasteiger partial charge is 0.128 e. The number of nitrogens with zero attached hydrogens (tertiary/aromatic N) is 2. The standard InChI is InChI=1S/C36H44N2O/c1-7-30-19-14-20-31(8-2)36(30)34-23-35(39-26(3)4)33(28(6)37-34)25-38(22-21-29-16-10-9-11-17-29)24-32-18-13-12-15-27(32)5/h9-20,23,26H,7-8,21-22,24-25H2,1-6H3. The second-order valence-corrected chi connectivity index (χ2v) is 10.8. The van der Waals surface area contributed by atoms with Crippen molar-refractivity contribution in [2.45, 2.75) is 80.0 Å². The lowest BCUT2D eigenvalue weighted by molar-refractivity contribution is 0.223. The first-order valence-corrected chi connectivity index (χ1v) is 14.5. The zero-order valence-electron chi connectivity index (χ0n) is 24.6. The highest BCUT2D eigenvalue weighted by atomic mass is 16.5. The molecule has 0 saturated heterocycles. The molecule has 0 aliphatic rings. The zero-order chi connectivity index (χ0) is 27.8. The molecule has 1 heterocycles. The summed E-state index contributed by atoms with van der Waals surface area (Å²) in [5.74, 6) is 0.954. The van der Waals surface area contributed by atoms with Crippen molar-refractivity contribution in [2.75, 3.05) is 6.54 Å². The van der Waals surface area contributed by atoms with E-state index in [-0.39, 0.29) is 6.10 Å². The van der Waals surface area contributed by atoms with E-state index in [0.29, 0.717) is 0 Å². The molecule has 0 spiro atoms. The van der Waals surface area contributed by atoms with Gasteiger partial charge in [0.25, 0.3) is 0 Å². The van der Waals surface area contributed by atoms with E-state index in [1.165, 1.54) is 38.9 Å². The van der Waals surface area contributed by atoms with E-state index in [2.05, 4.69) is 125 Å². The minimum absolute atomic E-state index is 0.0830. The first-order chi connectivity index (χ1) is 18.9. The summed E-state index contributed by atoms with van der Waals surface area (Å²) in [5.41, 5.74) is 11.3. The van der Waals surface area contributed by atoms with E-state index >= 15 is 0 Å². The maximum Gasteiger partial charge on any atom is 0.128 e. The van der Waals surface area contributed by atoms with Gasteiger partial charge >= 0.3 is 0 Å². The Balaban J connectivity index is 1.73. The van der Waals surface area contributed by atoms with Crippen molar-refractivity contribution in [1.82, 2.24) is 9.88 Å². The Morgan fingerprint density at radius 1 is 0.769 bits per heavy atom. The van der Waals surface area contributed by atoms with Gasteiger partial charge in [-0.2, -0.15) is 0 Å². The van der Waals surface area contributed by atoms with E-state index in [1.807, 2.05) is 0 Å². The summed E-state index contributed by atoms with van der Waals surface area (Å²) in [4.78, 5) is 7.76. The molecule has 3 aromatic carbocycles. The van der Waals surface area contributed by atoms with E-state index in [4.69, 9.17) is 9.72 Å². The van der Waals surface area contributed by atoms with Crippen LogP contribution in [-0.4, -0.2) is 22.5 Å². The first kappa shape index (κ1) is 28.6. The lowest BCUT2D eigenvalue weighted by atomic mass is 9.94. The molecular weight excluding hydrogens is 476 g/mol. The van der Waals surface area contributed by atoms with E-state index in [9.17, 15) is 0 Å². The topological polar surface area (TPSA) is 25.4 Å². The molecule has 0 unspecified atom stereocenters. The molecule has 4 rings (SSSR count). The number of rotatable bonds is 12. The van der Waals surface area contributed by atoms with Gasteiger partial charge in [-0.15, -0.1) is 0 Å². The second-order valence-electron chi connectivity index (χ2n) is 10.8. The quantitative estimate of drug-likeness (QED) is 0.187. The van der Waals surface area contributed by atoms with Crippen molar-refractivity contribution in [3.8, 4) is 17.0 Å². The van der Waals surface area contributed by atoms with Crippen LogP contribution in [0.25, 0.3) is 11.3 Å². The number of aromatic nitrogens is 1. The molecule has 4 aromatic rings. The van der Waals surface area contributed by atoms with Crippen LogP contribution in [0.2, 0.25) is 0 Å². The molecule has 0 radical (unpaired) electrons. The van der Waals surface area contributed by atoms with Crippen molar-refractivity contribution in [3.05, 3.63) is 118 Å². The lowest BCUT2D eigenvalue weighted by Gasteiger charge is -2.26. The van der Waals surface area contributed by atoms with Crippen LogP contribution in [0, 0.1) is 13.8 Å². The SMILES string of the molecule is CCc1cccc(CC)c1-c1cc(OC(C)C)c(CN(CCc2ccccc2)Cc2ccccc2C)c(C)n1. The average molecular weight is 521 g/mol. The zero-order valence-corrected chi connectivity index (χ0v) is 24.6. The molecule has 1 aromatic heterocycles. The molecule has 0 saturated carbocycles. The minimum Gasteiger partial charge on any atom is -0.491 e. The Morgan fingerprint density at radius 2 is 1.41 bits per heavy atom. The molecule has 0 N–H and O–H groups in total. The van der Waals surface area contributed by atoms with Crippen LogP contribution in [0.15, 0.2) is 78.9 Å². The van der Waals surface area contributed by atoms with Gasteiger partial charge in [0.2, 0.25) is 0 Å². The Hall–Kier alpha value is -3.43. The van der Waals surface area contributed by atoms with E-state index < -0.39 is 0 Å². The maximum atomic E-state index is 6.51. The van der Waals surface area contributed by atoms with Crippen LogP contribution in [0.1, 0.15) is 66.8 Å². The first-order valence-electron chi connectivity index (χ1n) is 14.5. The van der Waals surface area contributed by atoms with Crippen LogP contribution >= 0.6 is 0 Å². The van der Waals surface area contributed by atoms with Crippen molar-refractivity contribution < 1.29 is 4.74 Å². The molecule has 39 heavy (non-hydrogen) atoms. The Morgan fingerprint density at radius 3 is 2.05 bits per heavy atom. The number of ether oxygens (including phenoxy) is 1. The van der Waals surface area contributed by atoms with Crippen molar-refractivity contribution in [3.63, 3.8) is 0 Å². The van der Waals surface area contributed by atoms with Gasteiger partial charge in [-0.1, -0.05) is 86.6 Å². The number of aryl methyl sites for hydroxylation is 4. The largest absolute Gasteiger partial charge is 0.491 e. The second kappa shape index (κ2) is 13.6. The highest BCUT2D eigenvalue weighted by molar-refractivity contribution is 5.70. The summed E-state index contributed by atoms with van der Waals surface area (Å²) in [6, 6.07) is 28.3. The number of hydrogen-bond donors (Lipinski definition) is 0. The third-order valence-electron chi connectivity index (χ3n) is 7.50. The van der Waals surface area contributed by atoms with Gasteiger partial charge in [-0.05, 0) is 74.8 Å². The number of benzene rings is 3. The van der Waals surface area contributed by atoms with Crippen LogP contribution < -0.4 is 4.74 Å². The molecule has 0 fully saturated rings. The molecule has 3 heteroatoms. The summed E-state index contributed by atoms with van der Waals surface area (Å²) in [6.07, 6.45) is 3.05. The summed E-state index contributed by atoms with van der Waals surface area (Å²) in [6.45, 7) is 15.7. The van der Waals surface area contributed by atoms with Crippen molar-refractivity contribution >= 4 is 0 Å². The fourth-order valence-electron chi connectivity index (χ4n) is 5.32. The molecule has 3 nitrogen and oxygen atoms in total. The third kappa shape index (κ3) is 7.36. The number of pyridine rings is 1. The Labute approximate surface area is 235 Å². The van der Waals surface area contributed by atoms with Gasteiger partial charge in [0, 0.05) is 42.5 Å². The summed E-state index contributed by atoms with van der Waals surface area (Å²) in [5, 5.41) is 0. The molecule has 0 atom stereocenters. The predicted octanol–water partition coefficient (Wildman–Crippen LogP) is 8.52. The van der Waals surface area contributed by atoms with Gasteiger partial charge in [0.05, 0.1) is 11.8 Å². The normalized spacial score (nSPS) is 11.4. The van der Waals surface area contributed by atoms with Gasteiger partial charge in [-0.25, -0.2) is 0 Å². The van der Waals surface area contributed by atoms with E-state index in [0.717, 1.165) is 56.0 Å². The van der Waals surface area contributed by atoms with Crippen LogP contribution in [0.5, 0.6) is 5.75 Å². The summed E-state index contributed by atoms with van der Waals surface area (Å²) >= 11 is 0. The van der Waals surface area contributed by atoms with E-state index in [1.54, 1.807) is 0 Å². The van der Waals surface area contributed by atoms with Crippen molar-refractivity contribution in [2.24, 2.45) is 0 Å². The lowest BCUT2D eigenvalue weighted by Crippen LogP contribution is -2.27.